The highest BCUT2D eigenvalue weighted by atomic mass is 16.6. The second-order valence-electron chi connectivity index (χ2n) is 4.92. The molecule has 3 rings (SSSR count). The van der Waals surface area contributed by atoms with E-state index in [1.165, 1.54) is 11.6 Å². The predicted molar refractivity (Wildman–Crippen MR) is 71.5 cm³/mol. The fourth-order valence-corrected chi connectivity index (χ4v) is 2.55. The van der Waals surface area contributed by atoms with Crippen LogP contribution in [0.1, 0.15) is 17.9 Å². The van der Waals surface area contributed by atoms with Crippen LogP contribution in [-0.4, -0.2) is 25.7 Å². The van der Waals surface area contributed by atoms with Gasteiger partial charge in [0.1, 0.15) is 13.2 Å². The van der Waals surface area contributed by atoms with Crippen LogP contribution in [0.4, 0.5) is 0 Å². The molecule has 2 unspecified atom stereocenters. The molecule has 1 aromatic rings. The van der Waals surface area contributed by atoms with E-state index in [0.29, 0.717) is 31.6 Å². The number of nitrogens with one attached hydrogen (secondary N) is 1. The van der Waals surface area contributed by atoms with Crippen molar-refractivity contribution in [1.29, 1.82) is 0 Å². The summed E-state index contributed by atoms with van der Waals surface area (Å²) < 4.78 is 11.3. The van der Waals surface area contributed by atoms with Crippen molar-refractivity contribution in [2.24, 2.45) is 5.92 Å². The summed E-state index contributed by atoms with van der Waals surface area (Å²) in [5.41, 5.74) is 1.20. The zero-order valence-corrected chi connectivity index (χ0v) is 10.7. The van der Waals surface area contributed by atoms with E-state index < -0.39 is 0 Å². The van der Waals surface area contributed by atoms with E-state index in [0.717, 1.165) is 17.9 Å². The molecule has 0 bridgehead atoms. The van der Waals surface area contributed by atoms with Crippen LogP contribution in [-0.2, 0) is 4.79 Å². The van der Waals surface area contributed by atoms with E-state index in [4.69, 9.17) is 9.47 Å². The lowest BCUT2D eigenvalue weighted by Gasteiger charge is -2.21. The first-order valence-corrected chi connectivity index (χ1v) is 6.58. The van der Waals surface area contributed by atoms with Crippen LogP contribution >= 0.6 is 0 Å². The number of carbonyl (C=O) groups is 1. The molecule has 1 N–H and O–H groups in total. The summed E-state index contributed by atoms with van der Waals surface area (Å²) >= 11 is 0. The van der Waals surface area contributed by atoms with Gasteiger partial charge in [0.2, 0.25) is 5.91 Å². The van der Waals surface area contributed by atoms with Crippen molar-refractivity contribution in [3.63, 3.8) is 0 Å². The number of fused-ring (bicyclic) bond motifs is 1. The van der Waals surface area contributed by atoms with Crippen molar-refractivity contribution >= 4 is 5.91 Å². The highest BCUT2D eigenvalue weighted by molar-refractivity contribution is 5.86. The molecule has 1 fully saturated rings. The number of benzene rings is 1. The molecule has 19 heavy (non-hydrogen) atoms. The first-order valence-electron chi connectivity index (χ1n) is 6.58. The number of hydrogen-bond donors (Lipinski definition) is 1. The minimum Gasteiger partial charge on any atom is -0.486 e. The predicted octanol–water partition coefficient (Wildman–Crippen LogP) is 1.86. The van der Waals surface area contributed by atoms with Gasteiger partial charge in [0.25, 0.3) is 0 Å². The van der Waals surface area contributed by atoms with Gasteiger partial charge in [-0.25, -0.2) is 0 Å². The van der Waals surface area contributed by atoms with Crippen molar-refractivity contribution in [3.05, 3.63) is 36.4 Å². The first-order chi connectivity index (χ1) is 9.29. The van der Waals surface area contributed by atoms with E-state index in [1.807, 2.05) is 12.1 Å². The molecule has 1 saturated carbocycles. The lowest BCUT2D eigenvalue weighted by atomic mass is 10.1. The van der Waals surface area contributed by atoms with Crippen molar-refractivity contribution in [2.75, 3.05) is 19.8 Å². The van der Waals surface area contributed by atoms with Gasteiger partial charge in [0.15, 0.2) is 11.5 Å². The summed E-state index contributed by atoms with van der Waals surface area (Å²) in [5, 5.41) is 2.85. The third-order valence-electron chi connectivity index (χ3n) is 3.64. The highest BCUT2D eigenvalue weighted by Gasteiger charge is 2.40. The average Bonchev–Trinajstić information content (AvgIpc) is 3.23. The van der Waals surface area contributed by atoms with E-state index in [1.54, 1.807) is 0 Å². The molecule has 1 aliphatic carbocycles. The zero-order valence-electron chi connectivity index (χ0n) is 10.7. The number of hydrogen-bond acceptors (Lipinski definition) is 3. The molecular formula is C15H17NO3. The second-order valence-corrected chi connectivity index (χ2v) is 4.92. The monoisotopic (exact) mass is 259 g/mol. The Balaban J connectivity index is 1.68. The number of ether oxygens (including phenoxy) is 2. The van der Waals surface area contributed by atoms with Crippen LogP contribution in [0.3, 0.4) is 0 Å². The molecule has 0 radical (unpaired) electrons. The number of amides is 1. The van der Waals surface area contributed by atoms with Gasteiger partial charge in [-0.05, 0) is 30.4 Å². The lowest BCUT2D eigenvalue weighted by molar-refractivity contribution is -0.116. The Labute approximate surface area is 112 Å². The van der Waals surface area contributed by atoms with Crippen LogP contribution in [0, 0.1) is 5.92 Å². The molecule has 4 nitrogen and oxygen atoms in total. The molecular weight excluding hydrogens is 242 g/mol. The molecule has 1 aliphatic heterocycles. The molecule has 0 saturated heterocycles. The molecule has 4 heteroatoms. The number of para-hydroxylation sites is 1. The van der Waals surface area contributed by atoms with Crippen molar-refractivity contribution in [2.45, 2.75) is 12.3 Å². The molecule has 0 aromatic heterocycles. The van der Waals surface area contributed by atoms with Gasteiger partial charge in [-0.15, -0.1) is 0 Å². The Morgan fingerprint density at radius 2 is 2.26 bits per heavy atom. The Kier molecular flexibility index (Phi) is 3.15. The Morgan fingerprint density at radius 3 is 3.11 bits per heavy atom. The molecule has 1 aromatic carbocycles. The summed E-state index contributed by atoms with van der Waals surface area (Å²) in [4.78, 5) is 11.1. The summed E-state index contributed by atoms with van der Waals surface area (Å²) in [6.07, 6.45) is 2.38. The summed E-state index contributed by atoms with van der Waals surface area (Å²) in [5.74, 6) is 2.56. The third-order valence-corrected chi connectivity index (χ3v) is 3.64. The minimum atomic E-state index is -0.111. The van der Waals surface area contributed by atoms with Gasteiger partial charge in [-0.2, -0.15) is 0 Å². The van der Waals surface area contributed by atoms with Gasteiger partial charge >= 0.3 is 0 Å². The van der Waals surface area contributed by atoms with Gasteiger partial charge in [0, 0.05) is 12.1 Å². The lowest BCUT2D eigenvalue weighted by Crippen LogP contribution is -2.23. The SMILES string of the molecule is C=CC(=O)NCC1CC1c1cccc2c1OCCO2. The summed E-state index contributed by atoms with van der Waals surface area (Å²) in [7, 11) is 0. The van der Waals surface area contributed by atoms with Crippen LogP contribution < -0.4 is 14.8 Å². The second kappa shape index (κ2) is 4.96. The maximum Gasteiger partial charge on any atom is 0.243 e. The molecule has 2 aliphatic rings. The summed E-state index contributed by atoms with van der Waals surface area (Å²) in [6, 6.07) is 6.03. The third kappa shape index (κ3) is 2.43. The minimum absolute atomic E-state index is 0.111. The zero-order chi connectivity index (χ0) is 13.2. The van der Waals surface area contributed by atoms with E-state index in [-0.39, 0.29) is 5.91 Å². The number of carbonyl (C=O) groups excluding carboxylic acids is 1. The number of rotatable bonds is 4. The van der Waals surface area contributed by atoms with E-state index in [9.17, 15) is 4.79 Å². The fourth-order valence-electron chi connectivity index (χ4n) is 2.55. The largest absolute Gasteiger partial charge is 0.486 e. The van der Waals surface area contributed by atoms with E-state index in [2.05, 4.69) is 18.0 Å². The van der Waals surface area contributed by atoms with Gasteiger partial charge < -0.3 is 14.8 Å². The van der Waals surface area contributed by atoms with Crippen molar-refractivity contribution < 1.29 is 14.3 Å². The standard InChI is InChI=1S/C15H17NO3/c1-2-14(17)16-9-10-8-12(10)11-4-3-5-13-15(11)19-7-6-18-13/h2-5,10,12H,1,6-9H2,(H,16,17). The fraction of sp³-hybridized carbons (Fsp3) is 0.400. The van der Waals surface area contributed by atoms with Crippen LogP contribution in [0.25, 0.3) is 0 Å². The molecule has 0 spiro atoms. The van der Waals surface area contributed by atoms with Gasteiger partial charge in [0.05, 0.1) is 0 Å². The molecule has 1 amide bonds. The quantitative estimate of drug-likeness (QED) is 0.840. The van der Waals surface area contributed by atoms with Crippen molar-refractivity contribution in [3.8, 4) is 11.5 Å². The van der Waals surface area contributed by atoms with Crippen molar-refractivity contribution in [1.82, 2.24) is 5.32 Å². The smallest absolute Gasteiger partial charge is 0.243 e. The first kappa shape index (κ1) is 12.1. The molecule has 100 valence electrons. The topological polar surface area (TPSA) is 47.6 Å². The van der Waals surface area contributed by atoms with E-state index >= 15 is 0 Å². The Hall–Kier alpha value is -1.97. The maximum atomic E-state index is 11.1. The van der Waals surface area contributed by atoms with Gasteiger partial charge in [-0.3, -0.25) is 4.79 Å². The normalized spacial score (nSPS) is 23.6. The van der Waals surface area contributed by atoms with Crippen LogP contribution in [0.15, 0.2) is 30.9 Å². The van der Waals surface area contributed by atoms with Crippen LogP contribution in [0.2, 0.25) is 0 Å². The molecule has 2 atom stereocenters. The Morgan fingerprint density at radius 1 is 1.42 bits per heavy atom. The van der Waals surface area contributed by atoms with Gasteiger partial charge in [-0.1, -0.05) is 18.7 Å². The van der Waals surface area contributed by atoms with Crippen LogP contribution in [0.5, 0.6) is 11.5 Å². The maximum absolute atomic E-state index is 11.1. The molecule has 1 heterocycles. The highest BCUT2D eigenvalue weighted by Crippen LogP contribution is 2.52. The Bertz CT molecular complexity index is 512. The summed E-state index contributed by atoms with van der Waals surface area (Å²) in [6.45, 7) is 5.36. The average molecular weight is 259 g/mol.